The van der Waals surface area contributed by atoms with Gasteiger partial charge < -0.3 is 10.2 Å². The quantitative estimate of drug-likeness (QED) is 0.533. The average molecular weight is 215 g/mol. The van der Waals surface area contributed by atoms with Gasteiger partial charge in [-0.25, -0.2) is 4.79 Å². The summed E-state index contributed by atoms with van der Waals surface area (Å²) in [4.78, 5) is 20.2. The predicted octanol–water partition coefficient (Wildman–Crippen LogP) is -0.130. The summed E-state index contributed by atoms with van der Waals surface area (Å²) in [5, 5.41) is 31.6. The second kappa shape index (κ2) is 4.05. The van der Waals surface area contributed by atoms with Crippen LogP contribution in [0.15, 0.2) is 6.20 Å². The number of aliphatic hydroxyl groups is 1. The van der Waals surface area contributed by atoms with Crippen LogP contribution in [0.1, 0.15) is 17.4 Å². The molecule has 1 atom stereocenters. The summed E-state index contributed by atoms with van der Waals surface area (Å²) in [5.41, 5.74) is -1.20. The topological polar surface area (TPSA) is 118 Å². The molecule has 0 saturated heterocycles. The van der Waals surface area contributed by atoms with Crippen molar-refractivity contribution in [3.05, 3.63) is 22.0 Å². The fourth-order valence-electron chi connectivity index (χ4n) is 1.06. The maximum Gasteiger partial charge on any atom is 0.363 e. The average Bonchev–Trinajstić information content (AvgIpc) is 2.46. The van der Waals surface area contributed by atoms with Crippen molar-refractivity contribution >= 4 is 11.7 Å². The Hall–Kier alpha value is -1.96. The molecule has 15 heavy (non-hydrogen) atoms. The van der Waals surface area contributed by atoms with Crippen LogP contribution in [0.25, 0.3) is 0 Å². The van der Waals surface area contributed by atoms with Crippen LogP contribution in [0.2, 0.25) is 0 Å². The fraction of sp³-hybridized carbons (Fsp3) is 0.429. The Bertz CT molecular complexity index is 366. The van der Waals surface area contributed by atoms with Gasteiger partial charge in [-0.3, -0.25) is 14.8 Å². The fourth-order valence-corrected chi connectivity index (χ4v) is 1.06. The molecule has 1 aromatic heterocycles. The van der Waals surface area contributed by atoms with Crippen LogP contribution in [0.4, 0.5) is 5.69 Å². The standard InChI is InChI=1S/C7H9N3O5/c1-4(11)2-9-3-5(10(14)15)6(8-9)7(12)13/h3-4,11H,2H2,1H3,(H,12,13). The molecule has 82 valence electrons. The van der Waals surface area contributed by atoms with Gasteiger partial charge in [-0.1, -0.05) is 0 Å². The van der Waals surface area contributed by atoms with E-state index in [0.29, 0.717) is 0 Å². The van der Waals surface area contributed by atoms with Gasteiger partial charge in [0.1, 0.15) is 6.20 Å². The van der Waals surface area contributed by atoms with Gasteiger partial charge in [-0.2, -0.15) is 5.10 Å². The molecule has 8 heteroatoms. The Morgan fingerprint density at radius 3 is 2.73 bits per heavy atom. The number of aromatic nitrogens is 2. The van der Waals surface area contributed by atoms with Crippen molar-refractivity contribution in [2.45, 2.75) is 19.6 Å². The van der Waals surface area contributed by atoms with Crippen molar-refractivity contribution in [2.24, 2.45) is 0 Å². The molecule has 1 rings (SSSR count). The minimum absolute atomic E-state index is 0.00806. The zero-order chi connectivity index (χ0) is 11.6. The van der Waals surface area contributed by atoms with Crippen LogP contribution >= 0.6 is 0 Å². The Kier molecular flexibility index (Phi) is 3.00. The second-order valence-electron chi connectivity index (χ2n) is 3.00. The van der Waals surface area contributed by atoms with E-state index in [1.807, 2.05) is 0 Å². The zero-order valence-corrected chi connectivity index (χ0v) is 7.82. The largest absolute Gasteiger partial charge is 0.476 e. The zero-order valence-electron chi connectivity index (χ0n) is 7.82. The molecule has 0 amide bonds. The Morgan fingerprint density at radius 1 is 1.80 bits per heavy atom. The van der Waals surface area contributed by atoms with Crippen LogP contribution in [0, 0.1) is 10.1 Å². The highest BCUT2D eigenvalue weighted by molar-refractivity contribution is 5.89. The number of carbonyl (C=O) groups is 1. The summed E-state index contributed by atoms with van der Waals surface area (Å²) in [7, 11) is 0. The molecule has 1 unspecified atom stereocenters. The summed E-state index contributed by atoms with van der Waals surface area (Å²) in [6, 6.07) is 0. The van der Waals surface area contributed by atoms with Gasteiger partial charge in [0.25, 0.3) is 0 Å². The van der Waals surface area contributed by atoms with Gasteiger partial charge in [0.15, 0.2) is 0 Å². The molecule has 0 aliphatic rings. The third-order valence-corrected chi connectivity index (χ3v) is 1.59. The van der Waals surface area contributed by atoms with Crippen LogP contribution in [0.3, 0.4) is 0 Å². The van der Waals surface area contributed by atoms with Gasteiger partial charge in [0.05, 0.1) is 17.6 Å². The highest BCUT2D eigenvalue weighted by atomic mass is 16.6. The first-order valence-electron chi connectivity index (χ1n) is 4.05. The molecule has 0 radical (unpaired) electrons. The maximum atomic E-state index is 10.6. The SMILES string of the molecule is CC(O)Cn1cc([N+](=O)[O-])c(C(=O)O)n1. The number of carboxylic acid groups (broad SMARTS) is 1. The van der Waals surface area contributed by atoms with E-state index in [2.05, 4.69) is 5.10 Å². The lowest BCUT2D eigenvalue weighted by Gasteiger charge is -2.01. The molecule has 1 aromatic rings. The number of hydrogen-bond acceptors (Lipinski definition) is 5. The summed E-state index contributed by atoms with van der Waals surface area (Å²) >= 11 is 0. The molecule has 0 bridgehead atoms. The molecule has 0 spiro atoms. The lowest BCUT2D eigenvalue weighted by Crippen LogP contribution is -2.12. The normalized spacial score (nSPS) is 12.4. The molecular weight excluding hydrogens is 206 g/mol. The van der Waals surface area contributed by atoms with Crippen molar-refractivity contribution in [3.63, 3.8) is 0 Å². The van der Waals surface area contributed by atoms with Crippen LogP contribution < -0.4 is 0 Å². The van der Waals surface area contributed by atoms with E-state index in [4.69, 9.17) is 10.2 Å². The highest BCUT2D eigenvalue weighted by Crippen LogP contribution is 2.16. The number of aliphatic hydroxyl groups excluding tert-OH is 1. The summed E-state index contributed by atoms with van der Waals surface area (Å²) in [5.74, 6) is -1.47. The van der Waals surface area contributed by atoms with E-state index in [-0.39, 0.29) is 6.54 Å². The van der Waals surface area contributed by atoms with E-state index in [9.17, 15) is 14.9 Å². The van der Waals surface area contributed by atoms with Crippen molar-refractivity contribution < 1.29 is 19.9 Å². The summed E-state index contributed by atoms with van der Waals surface area (Å²) in [6.07, 6.45) is 0.224. The number of nitro groups is 1. The first-order valence-corrected chi connectivity index (χ1v) is 4.05. The van der Waals surface area contributed by atoms with Crippen LogP contribution in [-0.2, 0) is 6.54 Å². The molecule has 8 nitrogen and oxygen atoms in total. The van der Waals surface area contributed by atoms with E-state index >= 15 is 0 Å². The summed E-state index contributed by atoms with van der Waals surface area (Å²) in [6.45, 7) is 1.47. The molecule has 2 N–H and O–H groups in total. The number of carboxylic acids is 1. The maximum absolute atomic E-state index is 10.6. The molecule has 0 saturated carbocycles. The molecule has 0 aromatic carbocycles. The van der Waals surface area contributed by atoms with Crippen molar-refractivity contribution in [3.8, 4) is 0 Å². The molecule has 0 fully saturated rings. The van der Waals surface area contributed by atoms with Crippen LogP contribution in [-0.4, -0.2) is 37.0 Å². The Labute approximate surface area is 83.9 Å². The van der Waals surface area contributed by atoms with Crippen molar-refractivity contribution in [1.29, 1.82) is 0 Å². The number of hydrogen-bond donors (Lipinski definition) is 2. The molecule has 0 aliphatic carbocycles. The van der Waals surface area contributed by atoms with Crippen molar-refractivity contribution in [2.75, 3.05) is 0 Å². The first-order chi connectivity index (χ1) is 6.91. The van der Waals surface area contributed by atoms with Gasteiger partial charge in [0.2, 0.25) is 5.69 Å². The van der Waals surface area contributed by atoms with E-state index in [1.165, 1.54) is 6.92 Å². The first kappa shape index (κ1) is 11.1. The highest BCUT2D eigenvalue weighted by Gasteiger charge is 2.25. The molecular formula is C7H9N3O5. The Morgan fingerprint density at radius 2 is 2.40 bits per heavy atom. The lowest BCUT2D eigenvalue weighted by molar-refractivity contribution is -0.385. The van der Waals surface area contributed by atoms with E-state index in [0.717, 1.165) is 10.9 Å². The third-order valence-electron chi connectivity index (χ3n) is 1.59. The minimum atomic E-state index is -1.47. The Balaban J connectivity index is 3.09. The number of aromatic carboxylic acids is 1. The van der Waals surface area contributed by atoms with E-state index < -0.39 is 28.4 Å². The molecule has 0 aliphatic heterocycles. The number of rotatable bonds is 4. The van der Waals surface area contributed by atoms with Crippen molar-refractivity contribution in [1.82, 2.24) is 9.78 Å². The van der Waals surface area contributed by atoms with Gasteiger partial charge >= 0.3 is 11.7 Å². The molecule has 1 heterocycles. The minimum Gasteiger partial charge on any atom is -0.476 e. The smallest absolute Gasteiger partial charge is 0.363 e. The number of nitrogens with zero attached hydrogens (tertiary/aromatic N) is 3. The predicted molar refractivity (Wildman–Crippen MR) is 47.5 cm³/mol. The van der Waals surface area contributed by atoms with E-state index in [1.54, 1.807) is 0 Å². The second-order valence-corrected chi connectivity index (χ2v) is 3.00. The van der Waals surface area contributed by atoms with Gasteiger partial charge in [0, 0.05) is 0 Å². The van der Waals surface area contributed by atoms with Gasteiger partial charge in [-0.05, 0) is 6.92 Å². The van der Waals surface area contributed by atoms with Crippen LogP contribution in [0.5, 0.6) is 0 Å². The lowest BCUT2D eigenvalue weighted by atomic mass is 10.4. The third kappa shape index (κ3) is 2.50. The summed E-state index contributed by atoms with van der Waals surface area (Å²) < 4.78 is 1.03. The monoisotopic (exact) mass is 215 g/mol. The van der Waals surface area contributed by atoms with Gasteiger partial charge in [-0.15, -0.1) is 0 Å².